The lowest BCUT2D eigenvalue weighted by Crippen LogP contribution is -2.49. The summed E-state index contributed by atoms with van der Waals surface area (Å²) < 4.78 is 6.49. The highest BCUT2D eigenvalue weighted by Gasteiger charge is 2.38. The van der Waals surface area contributed by atoms with Crippen molar-refractivity contribution in [3.8, 4) is 0 Å². The third-order valence-electron chi connectivity index (χ3n) is 8.33. The van der Waals surface area contributed by atoms with Crippen LogP contribution in [0, 0.1) is 17.8 Å². The molecule has 0 bridgehead atoms. The fourth-order valence-corrected chi connectivity index (χ4v) is 5.66. The summed E-state index contributed by atoms with van der Waals surface area (Å²) in [5.74, 6) is 0.0721. The Hall–Kier alpha value is -3.29. The zero-order valence-electron chi connectivity index (χ0n) is 25.0. The molecule has 2 amide bonds. The standard InChI is InChI=1S/C30H43BN6O6/c1-18(2)28(29(41)33-15-27(40)34-22-9-5-19(6-10-22)17-43-30(31)42)32-13-3-4-25(38)26(39)16-37-24-12-8-21-14-20(21)7-11-23(24)35-36-37/h5-6,9-10,18,20-21,25-26,28,32,38-39H,3-4,7-8,11-17H2,1-2H3,(H,33,41)(H,34,40). The fraction of sp³-hybridized carbons (Fsp3) is 0.633. The van der Waals surface area contributed by atoms with Crippen molar-refractivity contribution in [1.29, 1.82) is 0 Å². The summed E-state index contributed by atoms with van der Waals surface area (Å²) in [6.45, 7) is 4.32. The number of hydrogen-bond acceptors (Lipinski definition) is 9. The van der Waals surface area contributed by atoms with Crippen LogP contribution in [0.4, 0.5) is 10.5 Å². The van der Waals surface area contributed by atoms with Crippen LogP contribution in [0.1, 0.15) is 62.9 Å². The van der Waals surface area contributed by atoms with E-state index in [1.54, 1.807) is 28.9 Å². The van der Waals surface area contributed by atoms with E-state index in [-0.39, 0.29) is 37.4 Å². The van der Waals surface area contributed by atoms with E-state index in [0.29, 0.717) is 30.6 Å². The number of aromatic nitrogens is 3. The molecule has 0 spiro atoms. The lowest BCUT2D eigenvalue weighted by atomic mass is 10.0. The predicted octanol–water partition coefficient (Wildman–Crippen LogP) is 1.47. The van der Waals surface area contributed by atoms with Crippen molar-refractivity contribution in [1.82, 2.24) is 25.6 Å². The molecule has 2 aromatic rings. The molecule has 232 valence electrons. The highest BCUT2D eigenvalue weighted by molar-refractivity contribution is 6.55. The van der Waals surface area contributed by atoms with Crippen molar-refractivity contribution in [2.45, 2.75) is 90.2 Å². The third-order valence-corrected chi connectivity index (χ3v) is 8.33. The van der Waals surface area contributed by atoms with Crippen molar-refractivity contribution >= 4 is 31.2 Å². The average Bonchev–Trinajstić information content (AvgIpc) is 3.60. The second-order valence-corrected chi connectivity index (χ2v) is 12.0. The molecular formula is C30H43BN6O6. The summed E-state index contributed by atoms with van der Waals surface area (Å²) in [5, 5.41) is 38.5. The topological polar surface area (TPSA) is 168 Å². The summed E-state index contributed by atoms with van der Waals surface area (Å²) in [4.78, 5) is 35.9. The van der Waals surface area contributed by atoms with E-state index in [9.17, 15) is 24.6 Å². The number of aliphatic hydroxyl groups is 2. The van der Waals surface area contributed by atoms with Gasteiger partial charge in [-0.05, 0) is 86.9 Å². The largest absolute Gasteiger partial charge is 0.470 e. The second kappa shape index (κ2) is 15.4. The highest BCUT2D eigenvalue weighted by Crippen LogP contribution is 2.46. The van der Waals surface area contributed by atoms with E-state index in [1.165, 1.54) is 6.42 Å². The maximum Gasteiger partial charge on any atom is 0.243 e. The molecule has 2 aliphatic carbocycles. The Morgan fingerprint density at radius 3 is 2.51 bits per heavy atom. The van der Waals surface area contributed by atoms with Crippen LogP contribution in [0.3, 0.4) is 0 Å². The Bertz CT molecular complexity index is 1240. The van der Waals surface area contributed by atoms with Crippen LogP contribution < -0.4 is 16.0 Å². The van der Waals surface area contributed by atoms with Crippen LogP contribution in [-0.4, -0.2) is 82.1 Å². The molecule has 2 radical (unpaired) electrons. The number of carbonyl (C=O) groups excluding carboxylic acids is 3. The van der Waals surface area contributed by atoms with Gasteiger partial charge >= 0.3 is 0 Å². The molecule has 1 heterocycles. The van der Waals surface area contributed by atoms with Crippen molar-refractivity contribution < 1.29 is 29.3 Å². The molecule has 1 fully saturated rings. The van der Waals surface area contributed by atoms with E-state index in [2.05, 4.69) is 26.3 Å². The molecule has 0 aliphatic heterocycles. The minimum atomic E-state index is -0.965. The van der Waals surface area contributed by atoms with E-state index >= 15 is 0 Å². The summed E-state index contributed by atoms with van der Waals surface area (Å²) in [5.41, 5.74) is 3.36. The van der Waals surface area contributed by atoms with Gasteiger partial charge < -0.3 is 30.9 Å². The number of hydrogen-bond donors (Lipinski definition) is 5. The van der Waals surface area contributed by atoms with Crippen molar-refractivity contribution in [2.75, 3.05) is 18.4 Å². The quantitative estimate of drug-likeness (QED) is 0.152. The number of nitrogens with zero attached hydrogens (tertiary/aromatic N) is 3. The van der Waals surface area contributed by atoms with Crippen LogP contribution in [0.25, 0.3) is 0 Å². The Labute approximate surface area is 253 Å². The minimum Gasteiger partial charge on any atom is -0.470 e. The number of amides is 2. The number of aliphatic hydroxyl groups excluding tert-OH is 2. The number of carbonyl (C=O) groups is 3. The zero-order chi connectivity index (χ0) is 30.9. The van der Waals surface area contributed by atoms with Gasteiger partial charge in [0, 0.05) is 5.69 Å². The molecule has 12 nitrogen and oxygen atoms in total. The molecule has 5 N–H and O–H groups in total. The van der Waals surface area contributed by atoms with Gasteiger partial charge in [0.05, 0.1) is 42.7 Å². The zero-order valence-corrected chi connectivity index (χ0v) is 25.0. The molecule has 0 saturated heterocycles. The number of ether oxygens (including phenoxy) is 1. The van der Waals surface area contributed by atoms with Gasteiger partial charge in [0.15, 0.2) is 0 Å². The molecule has 2 aliphatic rings. The number of benzene rings is 1. The van der Waals surface area contributed by atoms with Gasteiger partial charge in [-0.25, -0.2) is 4.68 Å². The van der Waals surface area contributed by atoms with Crippen LogP contribution in [0.5, 0.6) is 0 Å². The van der Waals surface area contributed by atoms with E-state index < -0.39 is 24.1 Å². The highest BCUT2D eigenvalue weighted by atomic mass is 16.5. The number of fused-ring (bicyclic) bond motifs is 2. The molecule has 13 heteroatoms. The number of nitrogens with one attached hydrogen (secondary N) is 3. The molecule has 1 aromatic carbocycles. The maximum absolute atomic E-state index is 12.8. The first kappa shape index (κ1) is 32.6. The lowest BCUT2D eigenvalue weighted by Gasteiger charge is -2.23. The van der Waals surface area contributed by atoms with E-state index in [0.717, 1.165) is 48.9 Å². The summed E-state index contributed by atoms with van der Waals surface area (Å²) in [7, 11) is 4.96. The van der Waals surface area contributed by atoms with E-state index in [1.807, 2.05) is 13.8 Å². The van der Waals surface area contributed by atoms with Gasteiger partial charge in [-0.15, -0.1) is 5.10 Å². The summed E-state index contributed by atoms with van der Waals surface area (Å²) in [6, 6.07) is 6.18. The molecular weight excluding hydrogens is 551 g/mol. The molecule has 43 heavy (non-hydrogen) atoms. The summed E-state index contributed by atoms with van der Waals surface area (Å²) in [6.07, 6.45) is 4.47. The average molecular weight is 595 g/mol. The maximum atomic E-state index is 12.8. The smallest absolute Gasteiger partial charge is 0.243 e. The van der Waals surface area contributed by atoms with Crippen LogP contribution in [0.15, 0.2) is 24.3 Å². The lowest BCUT2D eigenvalue weighted by molar-refractivity contribution is -0.126. The van der Waals surface area contributed by atoms with Gasteiger partial charge in [0.2, 0.25) is 25.5 Å². The molecule has 1 saturated carbocycles. The van der Waals surface area contributed by atoms with E-state index in [4.69, 9.17) is 12.6 Å². The molecule has 5 unspecified atom stereocenters. The first-order chi connectivity index (χ1) is 20.6. The Morgan fingerprint density at radius 2 is 1.81 bits per heavy atom. The normalized spacial score (nSPS) is 19.7. The Kier molecular flexibility index (Phi) is 11.7. The van der Waals surface area contributed by atoms with Crippen LogP contribution in [-0.2, 0) is 40.3 Å². The Morgan fingerprint density at radius 1 is 1.09 bits per heavy atom. The van der Waals surface area contributed by atoms with Crippen molar-refractivity contribution in [3.05, 3.63) is 41.2 Å². The van der Waals surface area contributed by atoms with Crippen LogP contribution >= 0.6 is 0 Å². The first-order valence-electron chi connectivity index (χ1n) is 15.2. The number of anilines is 1. The minimum absolute atomic E-state index is 0.0357. The second-order valence-electron chi connectivity index (χ2n) is 12.0. The third kappa shape index (κ3) is 9.87. The monoisotopic (exact) mass is 594 g/mol. The molecule has 1 aromatic heterocycles. The van der Waals surface area contributed by atoms with Gasteiger partial charge in [0.25, 0.3) is 0 Å². The van der Waals surface area contributed by atoms with Crippen molar-refractivity contribution in [2.24, 2.45) is 17.8 Å². The predicted molar refractivity (Wildman–Crippen MR) is 160 cm³/mol. The summed E-state index contributed by atoms with van der Waals surface area (Å²) >= 11 is 0. The van der Waals surface area contributed by atoms with Gasteiger partial charge in [0.1, 0.15) is 6.61 Å². The number of rotatable bonds is 15. The first-order valence-corrected chi connectivity index (χ1v) is 15.2. The fourth-order valence-electron chi connectivity index (χ4n) is 5.66. The number of aryl methyl sites for hydroxylation is 1. The van der Waals surface area contributed by atoms with Crippen molar-refractivity contribution in [3.63, 3.8) is 0 Å². The van der Waals surface area contributed by atoms with Crippen LogP contribution in [0.2, 0.25) is 0 Å². The molecule has 4 rings (SSSR count). The van der Waals surface area contributed by atoms with Gasteiger partial charge in [-0.1, -0.05) is 31.2 Å². The van der Waals surface area contributed by atoms with Gasteiger partial charge in [-0.2, -0.15) is 0 Å². The Balaban J connectivity index is 1.14. The SMILES string of the molecule is [B]C(=O)OCc1ccc(NC(=O)CNC(=O)C(NCCCC(O)C(O)Cn2nnc3c2CCC2CC2CC3)C(C)C)cc1. The molecule has 5 atom stereocenters. The van der Waals surface area contributed by atoms with Gasteiger partial charge in [-0.3, -0.25) is 14.4 Å².